The first-order valence-electron chi connectivity index (χ1n) is 18.9. The second-order valence-corrected chi connectivity index (χ2v) is 21.7. The first kappa shape index (κ1) is 67.8. The maximum absolute atomic E-state index is 13.8. The van der Waals surface area contributed by atoms with Crippen LogP contribution in [0.25, 0.3) is 10.8 Å². The molecule has 0 radical (unpaired) electrons. The second kappa shape index (κ2) is 25.6. The molecule has 0 aliphatic heterocycles. The van der Waals surface area contributed by atoms with Crippen LogP contribution in [0.2, 0.25) is 5.28 Å². The maximum atomic E-state index is 13.8. The van der Waals surface area contributed by atoms with Crippen molar-refractivity contribution < 1.29 is 222 Å². The zero-order valence-corrected chi connectivity index (χ0v) is 54.2. The summed E-state index contributed by atoms with van der Waals surface area (Å²) < 4.78 is 182. The van der Waals surface area contributed by atoms with Gasteiger partial charge in [-0.15, -0.1) is 0 Å². The van der Waals surface area contributed by atoms with Crippen LogP contribution < -0.4 is 170 Å². The van der Waals surface area contributed by atoms with Crippen LogP contribution in [0.1, 0.15) is 31.8 Å². The number of fused-ring (bicyclic) bond motifs is 3. The van der Waals surface area contributed by atoms with Crippen molar-refractivity contribution in [2.75, 3.05) is 16.4 Å². The normalized spacial score (nSPS) is 12.7. The zero-order valence-electron chi connectivity index (χ0n) is 39.4. The molecule has 76 heavy (non-hydrogen) atoms. The number of halogens is 1. The van der Waals surface area contributed by atoms with Crippen molar-refractivity contribution >= 4 is 130 Å². The van der Waals surface area contributed by atoms with E-state index in [0.717, 1.165) is 30.3 Å². The molecule has 7 aromatic rings. The molecule has 6 aromatic carbocycles. The number of nitrogens with zero attached hydrogens (tertiary/aromatic N) is 5. The van der Waals surface area contributed by atoms with Gasteiger partial charge in [0.15, 0.2) is 11.6 Å². The van der Waals surface area contributed by atoms with E-state index in [4.69, 9.17) is 17.3 Å². The third-order valence-electron chi connectivity index (χ3n) is 10.0. The van der Waals surface area contributed by atoms with Crippen molar-refractivity contribution in [3.63, 3.8) is 0 Å². The summed E-state index contributed by atoms with van der Waals surface area (Å²) in [4.78, 5) is 36.2. The molecule has 8 rings (SSSR count). The van der Waals surface area contributed by atoms with Gasteiger partial charge < -0.3 is 39.1 Å². The van der Waals surface area contributed by atoms with Crippen molar-refractivity contribution in [3.05, 3.63) is 130 Å². The van der Waals surface area contributed by atoms with Crippen molar-refractivity contribution in [3.8, 4) is 0 Å². The van der Waals surface area contributed by atoms with E-state index in [2.05, 4.69) is 40.8 Å². The third kappa shape index (κ3) is 14.9. The van der Waals surface area contributed by atoms with Gasteiger partial charge in [0, 0.05) is 33.3 Å². The Hall–Kier alpha value is -2.43. The van der Waals surface area contributed by atoms with Crippen LogP contribution >= 0.6 is 11.6 Å². The van der Waals surface area contributed by atoms with Gasteiger partial charge >= 0.3 is 148 Å². The predicted molar refractivity (Wildman–Crippen MR) is 238 cm³/mol. The largest absolute Gasteiger partial charge is 1.00 e. The first-order chi connectivity index (χ1) is 33.0. The minimum absolute atomic E-state index is 0. The molecular weight excluding hydrogens is 1180 g/mol. The Morgan fingerprint density at radius 2 is 1.04 bits per heavy atom. The number of ketones is 2. The molecule has 0 saturated heterocycles. The number of carbonyl (C=O) groups excluding carboxylic acids is 2. The number of H-pyrrole nitrogens is 1. The summed E-state index contributed by atoms with van der Waals surface area (Å²) in [5.74, 6) is -1.96. The van der Waals surface area contributed by atoms with Gasteiger partial charge in [-0.1, -0.05) is 24.3 Å². The summed E-state index contributed by atoms with van der Waals surface area (Å²) >= 11 is 6.19. The molecule has 0 amide bonds. The number of rotatable bonds is 12. The Morgan fingerprint density at radius 1 is 0.526 bits per heavy atom. The summed E-state index contributed by atoms with van der Waals surface area (Å²) in [6.45, 7) is 0. The summed E-state index contributed by atoms with van der Waals surface area (Å²) in [6, 6.07) is 16.4. The number of hydrogen-bond donors (Lipinski definition) is 4. The van der Waals surface area contributed by atoms with Crippen molar-refractivity contribution in [2.45, 2.75) is 24.5 Å². The molecule has 26 nitrogen and oxygen atoms in total. The van der Waals surface area contributed by atoms with Gasteiger partial charge in [0.25, 0.3) is 0 Å². The summed E-state index contributed by atoms with van der Waals surface area (Å²) in [7, 11) is -27.3. The number of carbonyl (C=O) groups is 2. The molecule has 0 fully saturated rings. The molecule has 1 aliphatic carbocycles. The number of aromatic nitrogens is 3. The molecule has 366 valence electrons. The van der Waals surface area contributed by atoms with Crippen LogP contribution in [0.5, 0.6) is 0 Å². The fraction of sp³-hybridized carbons (Fsp3) is 0. The number of nitrogen functional groups attached to an aromatic ring is 1. The molecule has 1 aromatic heterocycles. The van der Waals surface area contributed by atoms with Gasteiger partial charge in [-0.25, -0.2) is 47.1 Å². The van der Waals surface area contributed by atoms with Gasteiger partial charge in [-0.05, 0) is 84.4 Å². The number of aromatic amines is 1. The number of benzene rings is 6. The SMILES string of the molecule is Nc1c(S(=O)(=O)[O-])cc(Nc2ccc(S(=O)(=O)[O-])c(N=c3nc(Nc4ccc(N=Nc5cc(S(=O)(=O)[O-])c6cc(S(=O)(=O)[O-])cc(S(=O)(=O)[O-])c6c5)cc4)nc(Cl)[nH]3)c2)c2c1C(=O)c1ccccc1C2=O.[Na+].[Na+].[Na+].[Na+].[Na+]. The average molecular weight is 1200 g/mol. The van der Waals surface area contributed by atoms with E-state index in [1.807, 2.05) is 0 Å². The van der Waals surface area contributed by atoms with E-state index in [1.165, 1.54) is 48.5 Å². The van der Waals surface area contributed by atoms with Gasteiger partial charge in [0.1, 0.15) is 50.6 Å². The Kier molecular flexibility index (Phi) is 22.8. The van der Waals surface area contributed by atoms with E-state index in [0.29, 0.717) is 12.1 Å². The van der Waals surface area contributed by atoms with E-state index in [1.54, 1.807) is 0 Å². The number of hydrogen-bond acceptors (Lipinski definition) is 25. The molecule has 0 spiro atoms. The molecule has 37 heteroatoms. The van der Waals surface area contributed by atoms with Crippen molar-refractivity contribution in [1.29, 1.82) is 0 Å². The van der Waals surface area contributed by atoms with Crippen LogP contribution in [0.4, 0.5) is 45.8 Å². The van der Waals surface area contributed by atoms with Gasteiger partial charge in [-0.2, -0.15) is 20.2 Å². The molecule has 1 heterocycles. The predicted octanol–water partition coefficient (Wildman–Crippen LogP) is -11.4. The Morgan fingerprint density at radius 3 is 1.59 bits per heavy atom. The summed E-state index contributed by atoms with van der Waals surface area (Å²) in [6.07, 6.45) is 0. The number of nitrogens with two attached hydrogens (primary N) is 1. The minimum atomic E-state index is -5.59. The van der Waals surface area contributed by atoms with Crippen LogP contribution in [0, 0.1) is 0 Å². The zero-order chi connectivity index (χ0) is 51.7. The van der Waals surface area contributed by atoms with E-state index in [-0.39, 0.29) is 188 Å². The molecule has 5 N–H and O–H groups in total. The second-order valence-electron chi connectivity index (χ2n) is 14.6. The fourth-order valence-corrected chi connectivity index (χ4v) is 10.5. The van der Waals surface area contributed by atoms with Crippen molar-refractivity contribution in [1.82, 2.24) is 15.0 Å². The fourth-order valence-electron chi connectivity index (χ4n) is 7.07. The van der Waals surface area contributed by atoms with Gasteiger partial charge in [0.2, 0.25) is 16.9 Å². The smallest absolute Gasteiger partial charge is 0.744 e. The molecule has 0 bridgehead atoms. The Labute approximate surface area is 545 Å². The molecule has 1 aliphatic rings. The molecule has 0 atom stereocenters. The van der Waals surface area contributed by atoms with E-state index in [9.17, 15) is 74.4 Å². The minimum Gasteiger partial charge on any atom is -0.744 e. The molecule has 0 saturated carbocycles. The third-order valence-corrected chi connectivity index (χ3v) is 14.5. The Balaban J connectivity index is 0.00000304. The van der Waals surface area contributed by atoms with Gasteiger partial charge in [-0.3, -0.25) is 14.6 Å². The number of azo groups is 1. The Bertz CT molecular complexity index is 4240. The van der Waals surface area contributed by atoms with Crippen LogP contribution in [0.3, 0.4) is 0 Å². The van der Waals surface area contributed by atoms with Crippen LogP contribution in [-0.4, -0.2) is 91.4 Å². The summed E-state index contributed by atoms with van der Waals surface area (Å²) in [5, 5.41) is 11.1. The molecule has 0 unspecified atom stereocenters. The number of nitrogens with one attached hydrogen (secondary N) is 3. The molecular formula is C39H21ClN9Na5O17S5. The first-order valence-corrected chi connectivity index (χ1v) is 26.3. The van der Waals surface area contributed by atoms with E-state index >= 15 is 0 Å². The van der Waals surface area contributed by atoms with Crippen molar-refractivity contribution in [2.24, 2.45) is 15.2 Å². The standard InChI is InChI=1S/C39H26ClN9O17S5.5Na/c40-37-45-38(43-17-5-7-18(8-6-17)48-49-20-11-24-25(29(13-20)69(58,59)60)14-21(67(52,53)54)15-30(24)70(61,62)63)47-39(46-37)44-26-12-19(9-10-28(26)68(55,56)57)42-27-16-31(71(64,65)66)34(41)33-32(27)35(50)22-3-1-2-4-23(22)36(33)51;;;;;/h1-16,42H,41H2,(H,52,53,54)(H,55,56,57)(H,58,59,60)(H,61,62,63)(H,64,65,66)(H2,43,44,45,46,47);;;;;/q;5*+1/p-5. The van der Waals surface area contributed by atoms with Crippen LogP contribution in [0.15, 0.2) is 137 Å². The quantitative estimate of drug-likeness (QED) is 0.0382. The maximum Gasteiger partial charge on any atom is 1.00 e. The monoisotopic (exact) mass is 1200 g/mol. The summed E-state index contributed by atoms with van der Waals surface area (Å²) in [5.41, 5.74) is 2.06. The average Bonchev–Trinajstić information content (AvgIpc) is 3.26. The van der Waals surface area contributed by atoms with Gasteiger partial charge in [0.05, 0.1) is 64.0 Å². The topological polar surface area (TPSA) is 449 Å². The van der Waals surface area contributed by atoms with E-state index < -0.39 is 142 Å². The van der Waals surface area contributed by atoms with Crippen LogP contribution in [-0.2, 0) is 50.6 Å². The number of anilines is 5.